The summed E-state index contributed by atoms with van der Waals surface area (Å²) < 4.78 is 37.0. The van der Waals surface area contributed by atoms with Crippen molar-refractivity contribution >= 4 is 40.7 Å². The number of para-hydroxylation sites is 1. The number of benzene rings is 2. The van der Waals surface area contributed by atoms with E-state index in [1.165, 1.54) is 6.07 Å². The number of hydrogen-bond donors (Lipinski definition) is 1. The molecule has 2 fully saturated rings. The van der Waals surface area contributed by atoms with Crippen molar-refractivity contribution in [3.05, 3.63) is 64.4 Å². The van der Waals surface area contributed by atoms with Crippen LogP contribution in [0.3, 0.4) is 0 Å². The minimum Gasteiger partial charge on any atom is -0.598 e. The van der Waals surface area contributed by atoms with Crippen LogP contribution in [0.1, 0.15) is 78.5 Å². The highest BCUT2D eigenvalue weighted by Crippen LogP contribution is 2.38. The molecule has 0 saturated carbocycles. The van der Waals surface area contributed by atoms with E-state index >= 15 is 4.39 Å². The van der Waals surface area contributed by atoms with Crippen LogP contribution in [0.15, 0.2) is 42.5 Å². The highest BCUT2D eigenvalue weighted by Gasteiger charge is 2.44. The van der Waals surface area contributed by atoms with Gasteiger partial charge in [0.2, 0.25) is 5.91 Å². The van der Waals surface area contributed by atoms with E-state index in [-0.39, 0.29) is 36.1 Å². The van der Waals surface area contributed by atoms with Crippen LogP contribution in [0, 0.1) is 17.7 Å². The van der Waals surface area contributed by atoms with Gasteiger partial charge in [0.25, 0.3) is 0 Å². The summed E-state index contributed by atoms with van der Waals surface area (Å²) in [5, 5.41) is 0.604. The lowest BCUT2D eigenvalue weighted by molar-refractivity contribution is -0.135. The first-order chi connectivity index (χ1) is 21.0. The van der Waals surface area contributed by atoms with Crippen molar-refractivity contribution in [3.8, 4) is 0 Å². The Morgan fingerprint density at radius 1 is 0.978 bits per heavy atom. The molecule has 45 heavy (non-hydrogen) atoms. The van der Waals surface area contributed by atoms with E-state index in [0.29, 0.717) is 43.4 Å². The molecule has 2 aromatic carbocycles. The van der Waals surface area contributed by atoms with Gasteiger partial charge in [0.05, 0.1) is 17.6 Å². The van der Waals surface area contributed by atoms with Gasteiger partial charge in [-0.1, -0.05) is 49.7 Å². The van der Waals surface area contributed by atoms with Gasteiger partial charge in [0.1, 0.15) is 16.2 Å². The van der Waals surface area contributed by atoms with Crippen molar-refractivity contribution in [2.24, 2.45) is 11.8 Å². The summed E-state index contributed by atoms with van der Waals surface area (Å²) in [6.07, 6.45) is -0.436. The quantitative estimate of drug-likeness (QED) is 0.340. The van der Waals surface area contributed by atoms with Gasteiger partial charge < -0.3 is 24.0 Å². The van der Waals surface area contributed by atoms with Gasteiger partial charge in [0, 0.05) is 67.1 Å². The van der Waals surface area contributed by atoms with Crippen LogP contribution in [0.5, 0.6) is 0 Å². The minimum absolute atomic E-state index is 0.0308. The lowest BCUT2D eigenvalue weighted by Gasteiger charge is -2.39. The first-order valence-corrected chi connectivity index (χ1v) is 17.2. The Hall–Kier alpha value is -2.53. The molecule has 8 nitrogen and oxygen atoms in total. The third-order valence-electron chi connectivity index (χ3n) is 8.30. The summed E-state index contributed by atoms with van der Waals surface area (Å²) in [4.78, 5) is 32.5. The van der Waals surface area contributed by atoms with Crippen LogP contribution in [-0.2, 0) is 20.9 Å². The summed E-state index contributed by atoms with van der Waals surface area (Å²) in [5.74, 6) is -0.972. The Morgan fingerprint density at radius 2 is 1.60 bits per heavy atom. The number of piperazine rings is 1. The molecule has 2 aliphatic rings. The fourth-order valence-electron chi connectivity index (χ4n) is 5.93. The lowest BCUT2D eigenvalue weighted by atomic mass is 9.88. The zero-order chi connectivity index (χ0) is 33.3. The third kappa shape index (κ3) is 8.64. The zero-order valence-electron chi connectivity index (χ0n) is 27.7. The molecule has 11 heteroatoms. The van der Waals surface area contributed by atoms with Gasteiger partial charge >= 0.3 is 6.09 Å². The molecule has 4 rings (SSSR count). The lowest BCUT2D eigenvalue weighted by Crippen LogP contribution is -2.52. The maximum absolute atomic E-state index is 15.6. The van der Waals surface area contributed by atoms with Crippen molar-refractivity contribution in [1.82, 2.24) is 14.5 Å². The van der Waals surface area contributed by atoms with E-state index < -0.39 is 33.7 Å². The standard InChI is InChI=1S/C34H48ClFN4O4S/c1-22(2)29(37-45(43)34(6,7)8)25-10-9-11-28(36)30(25)38-16-18-39(19-17-38)31(41)27-21-40(32(42)44-33(3,4)5)20-26(27)23-12-14-24(35)15-13-23/h9-15,22,26-27,29,37H,16-21H2,1-8H3/t26?,27?,29-,45?/m0/s1. The first kappa shape index (κ1) is 35.3. The molecule has 0 radical (unpaired) electrons. The largest absolute Gasteiger partial charge is 0.598 e. The van der Waals surface area contributed by atoms with Crippen LogP contribution in [0.4, 0.5) is 14.9 Å². The van der Waals surface area contributed by atoms with Crippen molar-refractivity contribution in [1.29, 1.82) is 0 Å². The number of anilines is 1. The SMILES string of the molecule is CC(C)[C@H](N[S+]([O-])C(C)(C)C)c1cccc(F)c1N1CCN(C(=O)C2CN(C(=O)OC(C)(C)C)CC2c2ccc(Cl)cc2)CC1. The molecule has 2 aromatic rings. The van der Waals surface area contributed by atoms with E-state index in [1.54, 1.807) is 23.1 Å². The molecule has 3 unspecified atom stereocenters. The number of likely N-dealkylation sites (tertiary alicyclic amines) is 1. The predicted molar refractivity (Wildman–Crippen MR) is 179 cm³/mol. The predicted octanol–water partition coefficient (Wildman–Crippen LogP) is 6.53. The summed E-state index contributed by atoms with van der Waals surface area (Å²) in [6.45, 7) is 17.6. The highest BCUT2D eigenvalue weighted by molar-refractivity contribution is 7.90. The topological polar surface area (TPSA) is 88.2 Å². The number of rotatable bonds is 7. The second kappa shape index (κ2) is 14.1. The second-order valence-corrected chi connectivity index (χ2v) is 16.8. The molecule has 0 aromatic heterocycles. The van der Waals surface area contributed by atoms with Gasteiger partial charge in [-0.25, -0.2) is 9.18 Å². The Kier molecular flexibility index (Phi) is 11.0. The molecular weight excluding hydrogens is 615 g/mol. The third-order valence-corrected chi connectivity index (χ3v) is 10.1. The molecule has 2 aliphatic heterocycles. The number of carbonyl (C=O) groups excluding carboxylic acids is 2. The Balaban J connectivity index is 1.53. The number of carbonyl (C=O) groups is 2. The normalized spacial score (nSPS) is 20.8. The Morgan fingerprint density at radius 3 is 2.16 bits per heavy atom. The Labute approximate surface area is 275 Å². The smallest absolute Gasteiger partial charge is 0.410 e. The van der Waals surface area contributed by atoms with Gasteiger partial charge in [-0.2, -0.15) is 0 Å². The van der Waals surface area contributed by atoms with E-state index in [9.17, 15) is 14.1 Å². The number of amides is 2. The summed E-state index contributed by atoms with van der Waals surface area (Å²) in [6, 6.07) is 12.1. The molecule has 0 spiro atoms. The first-order valence-electron chi connectivity index (χ1n) is 15.7. The molecule has 0 bridgehead atoms. The van der Waals surface area contributed by atoms with E-state index in [2.05, 4.69) is 4.72 Å². The molecule has 0 aliphatic carbocycles. The fraction of sp³-hybridized carbons (Fsp3) is 0.588. The van der Waals surface area contributed by atoms with Gasteiger partial charge in [0.15, 0.2) is 0 Å². The number of halogens is 2. The van der Waals surface area contributed by atoms with Crippen LogP contribution >= 0.6 is 11.6 Å². The fourth-order valence-corrected chi connectivity index (χ4v) is 7.04. The van der Waals surface area contributed by atoms with Crippen LogP contribution in [0.25, 0.3) is 0 Å². The van der Waals surface area contributed by atoms with Gasteiger partial charge in [-0.3, -0.25) is 4.79 Å². The molecule has 2 saturated heterocycles. The summed E-state index contributed by atoms with van der Waals surface area (Å²) in [5.41, 5.74) is 1.54. The van der Waals surface area contributed by atoms with E-state index in [0.717, 1.165) is 11.1 Å². The van der Waals surface area contributed by atoms with E-state index in [1.807, 2.05) is 83.4 Å². The molecule has 2 amide bonds. The second-order valence-electron chi connectivity index (χ2n) is 14.4. The average Bonchev–Trinajstić information content (AvgIpc) is 3.40. The number of hydrogen-bond acceptors (Lipinski definition) is 6. The number of nitrogens with zero attached hydrogens (tertiary/aromatic N) is 3. The summed E-state index contributed by atoms with van der Waals surface area (Å²) >= 11 is 4.81. The molecule has 4 atom stereocenters. The molecule has 2 heterocycles. The highest BCUT2D eigenvalue weighted by atomic mass is 35.5. The van der Waals surface area contributed by atoms with Crippen LogP contribution < -0.4 is 9.62 Å². The van der Waals surface area contributed by atoms with Gasteiger partial charge in [-0.05, 0) is 71.2 Å². The molecule has 1 N–H and O–H groups in total. The molecular formula is C34H48ClFN4O4S. The summed E-state index contributed by atoms with van der Waals surface area (Å²) in [7, 11) is 0. The van der Waals surface area contributed by atoms with E-state index in [4.69, 9.17) is 16.3 Å². The van der Waals surface area contributed by atoms with Gasteiger partial charge in [-0.15, -0.1) is 4.72 Å². The van der Waals surface area contributed by atoms with Crippen molar-refractivity contribution in [3.63, 3.8) is 0 Å². The Bertz CT molecular complexity index is 1340. The maximum Gasteiger partial charge on any atom is 0.410 e. The van der Waals surface area contributed by atoms with Crippen molar-refractivity contribution in [2.45, 2.75) is 77.7 Å². The molecule has 248 valence electrons. The van der Waals surface area contributed by atoms with Crippen molar-refractivity contribution in [2.75, 3.05) is 44.2 Å². The zero-order valence-corrected chi connectivity index (χ0v) is 29.3. The monoisotopic (exact) mass is 662 g/mol. The minimum atomic E-state index is -1.34. The van der Waals surface area contributed by atoms with Crippen LogP contribution in [0.2, 0.25) is 5.02 Å². The number of ether oxygens (including phenoxy) is 1. The van der Waals surface area contributed by atoms with Crippen molar-refractivity contribution < 1.29 is 23.3 Å². The average molecular weight is 663 g/mol. The van der Waals surface area contributed by atoms with Crippen LogP contribution in [-0.4, -0.2) is 76.0 Å². The maximum atomic E-state index is 15.6. The number of nitrogens with one attached hydrogen (secondary N) is 1.